The number of hydrogen-bond donors (Lipinski definition) is 3. The van der Waals surface area contributed by atoms with Crippen LogP contribution in [-0.2, 0) is 22.2 Å². The third-order valence-corrected chi connectivity index (χ3v) is 3.73. The summed E-state index contributed by atoms with van der Waals surface area (Å²) in [5, 5.41) is 21.3. The molecule has 0 aliphatic heterocycles. The van der Waals surface area contributed by atoms with Gasteiger partial charge in [-0.1, -0.05) is 48.5 Å². The Balaban J connectivity index is 2.18. The number of aliphatic hydroxyl groups excluding tert-OH is 1. The molecule has 0 aliphatic carbocycles. The molecule has 0 saturated heterocycles. The second-order valence-corrected chi connectivity index (χ2v) is 5.57. The normalized spacial score (nSPS) is 13.7. The highest BCUT2D eigenvalue weighted by molar-refractivity contribution is 5.87. The van der Waals surface area contributed by atoms with E-state index in [1.54, 1.807) is 18.2 Å². The van der Waals surface area contributed by atoms with Gasteiger partial charge in [-0.25, -0.2) is 4.79 Å². The van der Waals surface area contributed by atoms with Crippen molar-refractivity contribution in [3.05, 3.63) is 71.3 Å². The maximum atomic E-state index is 13.0. The van der Waals surface area contributed by atoms with E-state index in [-0.39, 0.29) is 11.1 Å². The lowest BCUT2D eigenvalue weighted by Gasteiger charge is -2.19. The van der Waals surface area contributed by atoms with Gasteiger partial charge in [0.05, 0.1) is 5.56 Å². The molecule has 2 rings (SSSR count). The minimum Gasteiger partial charge on any atom is -0.480 e. The predicted molar refractivity (Wildman–Crippen MR) is 86.1 cm³/mol. The molecule has 0 aliphatic rings. The molecule has 2 aromatic carbocycles. The maximum Gasteiger partial charge on any atom is 0.416 e. The minimum absolute atomic E-state index is 0.241. The average Bonchev–Trinajstić information content (AvgIpc) is 2.60. The van der Waals surface area contributed by atoms with Crippen molar-refractivity contribution in [2.45, 2.75) is 24.7 Å². The van der Waals surface area contributed by atoms with E-state index in [1.807, 2.05) is 0 Å². The molecule has 2 atom stereocenters. The number of carboxylic acids is 1. The molecule has 0 heterocycles. The summed E-state index contributed by atoms with van der Waals surface area (Å²) in [6.07, 6.45) is -6.85. The largest absolute Gasteiger partial charge is 0.480 e. The van der Waals surface area contributed by atoms with Crippen molar-refractivity contribution in [2.75, 3.05) is 0 Å². The molecule has 26 heavy (non-hydrogen) atoms. The van der Waals surface area contributed by atoms with Gasteiger partial charge < -0.3 is 15.5 Å². The smallest absolute Gasteiger partial charge is 0.416 e. The van der Waals surface area contributed by atoms with E-state index >= 15 is 0 Å². The fourth-order valence-corrected chi connectivity index (χ4v) is 2.43. The highest BCUT2D eigenvalue weighted by Gasteiger charge is 2.34. The number of carbonyl (C=O) groups excluding carboxylic acids is 1. The number of nitrogens with one attached hydrogen (secondary N) is 1. The molecule has 0 spiro atoms. The molecule has 0 saturated carbocycles. The highest BCUT2D eigenvalue weighted by Crippen LogP contribution is 2.32. The van der Waals surface area contributed by atoms with Gasteiger partial charge >= 0.3 is 12.1 Å². The lowest BCUT2D eigenvalue weighted by atomic mass is 9.99. The van der Waals surface area contributed by atoms with Crippen LogP contribution in [0.1, 0.15) is 22.8 Å². The second-order valence-electron chi connectivity index (χ2n) is 5.57. The molecule has 2 aromatic rings. The number of benzene rings is 2. The first-order chi connectivity index (χ1) is 12.2. The fraction of sp³-hybridized carbons (Fsp3) is 0.222. The van der Waals surface area contributed by atoms with E-state index in [2.05, 4.69) is 5.32 Å². The van der Waals surface area contributed by atoms with Crippen molar-refractivity contribution < 1.29 is 33.0 Å². The molecule has 8 heteroatoms. The number of aliphatic hydroxyl groups is 1. The Bertz CT molecular complexity index is 778. The van der Waals surface area contributed by atoms with Crippen LogP contribution >= 0.6 is 0 Å². The Kier molecular flexibility index (Phi) is 5.99. The van der Waals surface area contributed by atoms with Crippen molar-refractivity contribution in [3.63, 3.8) is 0 Å². The molecule has 0 bridgehead atoms. The molecular formula is C18H16F3NO4. The van der Waals surface area contributed by atoms with Gasteiger partial charge in [0, 0.05) is 6.42 Å². The number of halogens is 3. The molecule has 0 fully saturated rings. The summed E-state index contributed by atoms with van der Waals surface area (Å²) in [7, 11) is 0. The van der Waals surface area contributed by atoms with Crippen LogP contribution in [0.15, 0.2) is 54.6 Å². The van der Waals surface area contributed by atoms with Gasteiger partial charge in [0.1, 0.15) is 6.04 Å². The van der Waals surface area contributed by atoms with Crippen LogP contribution in [-0.4, -0.2) is 28.1 Å². The molecule has 0 radical (unpaired) electrons. The van der Waals surface area contributed by atoms with Gasteiger partial charge in [-0.05, 0) is 17.2 Å². The zero-order valence-electron chi connectivity index (χ0n) is 13.4. The van der Waals surface area contributed by atoms with Crippen molar-refractivity contribution in [3.8, 4) is 0 Å². The van der Waals surface area contributed by atoms with Crippen molar-refractivity contribution in [2.24, 2.45) is 0 Å². The SMILES string of the molecule is O=C(N[C@H](Cc1ccccc1C(F)(F)F)C(=O)O)[C@@H](O)c1ccccc1. The Hall–Kier alpha value is -2.87. The summed E-state index contributed by atoms with van der Waals surface area (Å²) in [6, 6.07) is 10.7. The van der Waals surface area contributed by atoms with Crippen LogP contribution in [0.3, 0.4) is 0 Å². The lowest BCUT2D eigenvalue weighted by molar-refractivity contribution is -0.144. The Morgan fingerprint density at radius 1 is 1.00 bits per heavy atom. The van der Waals surface area contributed by atoms with Gasteiger partial charge in [-0.15, -0.1) is 0 Å². The lowest BCUT2D eigenvalue weighted by Crippen LogP contribution is -2.44. The van der Waals surface area contributed by atoms with Crippen molar-refractivity contribution in [1.29, 1.82) is 0 Å². The molecule has 3 N–H and O–H groups in total. The summed E-state index contributed by atoms with van der Waals surface area (Å²) in [6.45, 7) is 0. The van der Waals surface area contributed by atoms with Crippen LogP contribution in [0, 0.1) is 0 Å². The Morgan fingerprint density at radius 2 is 1.58 bits per heavy atom. The number of carboxylic acid groups (broad SMARTS) is 1. The van der Waals surface area contributed by atoms with Crippen molar-refractivity contribution in [1.82, 2.24) is 5.32 Å². The summed E-state index contributed by atoms with van der Waals surface area (Å²) in [4.78, 5) is 23.5. The molecule has 0 aromatic heterocycles. The predicted octanol–water partition coefficient (Wildman–Crippen LogP) is 2.55. The van der Waals surface area contributed by atoms with E-state index in [0.29, 0.717) is 0 Å². The van der Waals surface area contributed by atoms with E-state index in [9.17, 15) is 33.0 Å². The van der Waals surface area contributed by atoms with Crippen LogP contribution in [0.4, 0.5) is 13.2 Å². The quantitative estimate of drug-likeness (QED) is 0.732. The van der Waals surface area contributed by atoms with Gasteiger partial charge in [-0.2, -0.15) is 13.2 Å². The zero-order chi connectivity index (χ0) is 19.3. The first-order valence-electron chi connectivity index (χ1n) is 7.61. The monoisotopic (exact) mass is 367 g/mol. The molecule has 1 amide bonds. The van der Waals surface area contributed by atoms with Crippen LogP contribution < -0.4 is 5.32 Å². The number of alkyl halides is 3. The number of rotatable bonds is 6. The summed E-state index contributed by atoms with van der Waals surface area (Å²) in [5.41, 5.74) is -0.990. The zero-order valence-corrected chi connectivity index (χ0v) is 13.4. The summed E-state index contributed by atoms with van der Waals surface area (Å²) >= 11 is 0. The maximum absolute atomic E-state index is 13.0. The third-order valence-electron chi connectivity index (χ3n) is 3.73. The Morgan fingerprint density at radius 3 is 2.15 bits per heavy atom. The van der Waals surface area contributed by atoms with Crippen LogP contribution in [0.5, 0.6) is 0 Å². The van der Waals surface area contributed by atoms with E-state index in [0.717, 1.165) is 12.1 Å². The number of carbonyl (C=O) groups is 2. The van der Waals surface area contributed by atoms with Crippen molar-refractivity contribution >= 4 is 11.9 Å². The van der Waals surface area contributed by atoms with Gasteiger partial charge in [0.15, 0.2) is 6.10 Å². The number of hydrogen-bond acceptors (Lipinski definition) is 3. The second kappa shape index (κ2) is 8.01. The van der Waals surface area contributed by atoms with Gasteiger partial charge in [0.25, 0.3) is 5.91 Å². The van der Waals surface area contributed by atoms with E-state index in [4.69, 9.17) is 0 Å². The van der Waals surface area contributed by atoms with E-state index < -0.39 is 42.2 Å². The standard InChI is InChI=1S/C18H16F3NO4/c19-18(20,21)13-9-5-4-8-12(13)10-14(17(25)26)22-16(24)15(23)11-6-2-1-3-7-11/h1-9,14-15,23H,10H2,(H,22,24)(H,25,26)/t14-,15+/m1/s1. The Labute approximate surface area is 147 Å². The van der Waals surface area contributed by atoms with Gasteiger partial charge in [0.2, 0.25) is 0 Å². The summed E-state index contributed by atoms with van der Waals surface area (Å²) in [5.74, 6) is -2.51. The average molecular weight is 367 g/mol. The summed E-state index contributed by atoms with van der Waals surface area (Å²) < 4.78 is 39.1. The number of amides is 1. The van der Waals surface area contributed by atoms with Gasteiger partial charge in [-0.3, -0.25) is 4.79 Å². The molecule has 0 unspecified atom stereocenters. The highest BCUT2D eigenvalue weighted by atomic mass is 19.4. The first-order valence-corrected chi connectivity index (χ1v) is 7.61. The van der Waals surface area contributed by atoms with Crippen LogP contribution in [0.2, 0.25) is 0 Å². The number of aliphatic carboxylic acids is 1. The van der Waals surface area contributed by atoms with Crippen LogP contribution in [0.25, 0.3) is 0 Å². The fourth-order valence-electron chi connectivity index (χ4n) is 2.43. The topological polar surface area (TPSA) is 86.6 Å². The minimum atomic E-state index is -4.65. The molecule has 5 nitrogen and oxygen atoms in total. The molecule has 138 valence electrons. The molecular weight excluding hydrogens is 351 g/mol. The first kappa shape index (κ1) is 19.5. The van der Waals surface area contributed by atoms with E-state index in [1.165, 1.54) is 24.3 Å². The third kappa shape index (κ3) is 4.82.